The minimum atomic E-state index is -1.10. The van der Waals surface area contributed by atoms with Crippen LogP contribution >= 0.6 is 0 Å². The van der Waals surface area contributed by atoms with Crippen molar-refractivity contribution in [1.29, 1.82) is 5.41 Å². The van der Waals surface area contributed by atoms with E-state index in [1.165, 1.54) is 10.6 Å². The predicted molar refractivity (Wildman–Crippen MR) is 159 cm³/mol. The lowest BCUT2D eigenvalue weighted by Crippen LogP contribution is -2.64. The zero-order valence-corrected chi connectivity index (χ0v) is 22.0. The summed E-state index contributed by atoms with van der Waals surface area (Å²) in [5.41, 5.74) is 0.643. The molecular formula is C30H30B2FN7O. The number of hydrogen-bond acceptors (Lipinski definition) is 6. The average molecular weight is 545 g/mol. The monoisotopic (exact) mass is 545 g/mol. The smallest absolute Gasteiger partial charge is 0.267 e. The molecule has 3 heterocycles. The maximum absolute atomic E-state index is 13.7. The average Bonchev–Trinajstić information content (AvgIpc) is 3.36. The van der Waals surface area contributed by atoms with Gasteiger partial charge < -0.3 is 10.6 Å². The molecule has 11 heteroatoms. The largest absolute Gasteiger partial charge is 0.367 e. The minimum absolute atomic E-state index is 0. The molecule has 4 aromatic rings. The summed E-state index contributed by atoms with van der Waals surface area (Å²) in [4.78, 5) is 22.3. The molecule has 1 fully saturated rings. The maximum atomic E-state index is 13.7. The second-order valence-electron chi connectivity index (χ2n) is 10.3. The number of halogens is 1. The third-order valence-corrected chi connectivity index (χ3v) is 7.77. The van der Waals surface area contributed by atoms with Gasteiger partial charge in [-0.15, -0.1) is 0 Å². The van der Waals surface area contributed by atoms with Gasteiger partial charge in [-0.25, -0.2) is 4.98 Å². The summed E-state index contributed by atoms with van der Waals surface area (Å²) in [5.74, 6) is -0.176. The summed E-state index contributed by atoms with van der Waals surface area (Å²) in [7, 11) is 15.0. The summed E-state index contributed by atoms with van der Waals surface area (Å²) in [6.07, 6.45) is 1.90. The van der Waals surface area contributed by atoms with Crippen molar-refractivity contribution in [1.82, 2.24) is 19.4 Å². The van der Waals surface area contributed by atoms with Crippen LogP contribution in [0.5, 0.6) is 0 Å². The summed E-state index contributed by atoms with van der Waals surface area (Å²) in [6.45, 7) is 0.343. The highest BCUT2D eigenvalue weighted by atomic mass is 19.1. The highest BCUT2D eigenvalue weighted by Crippen LogP contribution is 2.43. The normalized spacial score (nSPS) is 21.2. The molecule has 0 spiro atoms. The number of aromatic nitrogens is 3. The number of para-hydroxylation sites is 1. The first-order valence-corrected chi connectivity index (χ1v) is 13.1. The summed E-state index contributed by atoms with van der Waals surface area (Å²) < 4.78 is 16.6. The summed E-state index contributed by atoms with van der Waals surface area (Å²) in [5, 5.41) is 15.9. The van der Waals surface area contributed by atoms with Crippen molar-refractivity contribution in [2.45, 2.75) is 44.1 Å². The topological polar surface area (TPSA) is 100 Å². The molecule has 41 heavy (non-hydrogen) atoms. The van der Waals surface area contributed by atoms with Gasteiger partial charge in [0.2, 0.25) is 11.6 Å². The van der Waals surface area contributed by atoms with E-state index in [9.17, 15) is 9.18 Å². The summed E-state index contributed by atoms with van der Waals surface area (Å²) in [6, 6.07) is 21.6. The van der Waals surface area contributed by atoms with Crippen LogP contribution in [0.1, 0.15) is 32.3 Å². The van der Waals surface area contributed by atoms with Crippen LogP contribution in [0, 0.1) is 11.4 Å². The molecule has 0 saturated heterocycles. The molecule has 8 nitrogen and oxygen atoms in total. The SMILES string of the molecule is C.[B][C@@]12CCC[C@]1([B])n1c(=N)/c(=C(\NCc3ccc(-c4cccc(F)n4)cc3)Nc3ccccc3)c(=O)n(C)c1=N2. The Morgan fingerprint density at radius 3 is 2.49 bits per heavy atom. The lowest BCUT2D eigenvalue weighted by atomic mass is 9.57. The minimum Gasteiger partial charge on any atom is -0.367 e. The van der Waals surface area contributed by atoms with Crippen molar-refractivity contribution in [3.05, 3.63) is 111 Å². The van der Waals surface area contributed by atoms with E-state index in [4.69, 9.17) is 21.1 Å². The second kappa shape index (κ2) is 10.5. The Morgan fingerprint density at radius 2 is 1.78 bits per heavy atom. The van der Waals surface area contributed by atoms with E-state index in [-0.39, 0.29) is 18.1 Å². The molecule has 1 aliphatic heterocycles. The van der Waals surface area contributed by atoms with Crippen LogP contribution < -0.4 is 32.5 Å². The van der Waals surface area contributed by atoms with E-state index in [1.54, 1.807) is 23.7 Å². The quantitative estimate of drug-likeness (QED) is 0.255. The van der Waals surface area contributed by atoms with E-state index < -0.39 is 22.4 Å². The second-order valence-corrected chi connectivity index (χ2v) is 10.3. The first-order chi connectivity index (χ1) is 19.2. The van der Waals surface area contributed by atoms with E-state index in [1.807, 2.05) is 54.6 Å². The number of fused-ring (bicyclic) bond motifs is 3. The van der Waals surface area contributed by atoms with Crippen molar-refractivity contribution in [2.75, 3.05) is 5.32 Å². The molecule has 2 atom stereocenters. The fourth-order valence-corrected chi connectivity index (χ4v) is 5.56. The first kappa shape index (κ1) is 28.1. The Balaban J connectivity index is 0.00000337. The van der Waals surface area contributed by atoms with Gasteiger partial charge >= 0.3 is 0 Å². The van der Waals surface area contributed by atoms with E-state index >= 15 is 0 Å². The zero-order chi connectivity index (χ0) is 28.1. The van der Waals surface area contributed by atoms with Crippen LogP contribution in [-0.4, -0.2) is 35.2 Å². The molecule has 3 N–H and O–H groups in total. The summed E-state index contributed by atoms with van der Waals surface area (Å²) >= 11 is 0. The standard InChI is InChI=1S/C29H26B2FN7O.CH4/c1-38-26(40)23(24(33)39-27(38)37-28(30)15-6-16-29(28,39)31)25(35-20-7-3-2-4-8-20)34-17-18-11-13-19(14-12-18)21-9-5-10-22(32)36-21;/h2-5,7-14,33-35H,6,15-17H2,1H3;1H4/b25-23-,33-24?;/t28-,29+;/m1./s1. The van der Waals surface area contributed by atoms with Gasteiger partial charge in [-0.05, 0) is 42.7 Å². The predicted octanol–water partition coefficient (Wildman–Crippen LogP) is 1.97. The number of hydrogen-bond donors (Lipinski definition) is 3. The Labute approximate surface area is 240 Å². The number of anilines is 1. The van der Waals surface area contributed by atoms with Crippen molar-refractivity contribution < 1.29 is 4.39 Å². The Kier molecular flexibility index (Phi) is 7.23. The van der Waals surface area contributed by atoms with E-state index in [0.29, 0.717) is 36.5 Å². The number of pyridine rings is 1. The number of nitrogens with one attached hydrogen (secondary N) is 3. The zero-order valence-electron chi connectivity index (χ0n) is 22.0. The van der Waals surface area contributed by atoms with Crippen LogP contribution in [0.25, 0.3) is 17.1 Å². The fourth-order valence-electron chi connectivity index (χ4n) is 5.56. The molecular weight excluding hydrogens is 515 g/mol. The van der Waals surface area contributed by atoms with Gasteiger partial charge in [-0.3, -0.25) is 24.3 Å². The van der Waals surface area contributed by atoms with Crippen LogP contribution in [-0.2, 0) is 19.0 Å². The maximum Gasteiger partial charge on any atom is 0.267 e. The third kappa shape index (κ3) is 4.69. The third-order valence-electron chi connectivity index (χ3n) is 7.77. The molecule has 2 aromatic carbocycles. The Morgan fingerprint density at radius 1 is 1.05 bits per heavy atom. The van der Waals surface area contributed by atoms with Gasteiger partial charge in [-0.1, -0.05) is 62.4 Å². The van der Waals surface area contributed by atoms with Gasteiger partial charge in [0, 0.05) is 35.7 Å². The van der Waals surface area contributed by atoms with Crippen molar-refractivity contribution >= 4 is 27.2 Å². The molecule has 1 aliphatic carbocycles. The van der Waals surface area contributed by atoms with E-state index in [0.717, 1.165) is 23.2 Å². The van der Waals surface area contributed by atoms with Gasteiger partial charge in [0.25, 0.3) is 5.56 Å². The van der Waals surface area contributed by atoms with Crippen LogP contribution in [0.3, 0.4) is 0 Å². The molecule has 2 aromatic heterocycles. The molecule has 0 unspecified atom stereocenters. The molecule has 2 aliphatic rings. The van der Waals surface area contributed by atoms with Gasteiger partial charge in [0.05, 0.1) is 5.69 Å². The molecule has 6 rings (SSSR count). The highest BCUT2D eigenvalue weighted by Gasteiger charge is 2.53. The lowest BCUT2D eigenvalue weighted by Gasteiger charge is -2.35. The molecule has 204 valence electrons. The molecule has 0 amide bonds. The van der Waals surface area contributed by atoms with Crippen LogP contribution in [0.2, 0.25) is 0 Å². The van der Waals surface area contributed by atoms with Gasteiger partial charge in [-0.2, -0.15) is 4.39 Å². The Bertz CT molecular complexity index is 1860. The first-order valence-electron chi connectivity index (χ1n) is 13.1. The fraction of sp³-hybridized carbons (Fsp3) is 0.267. The van der Waals surface area contributed by atoms with Gasteiger partial charge in [0.1, 0.15) is 32.2 Å². The van der Waals surface area contributed by atoms with Crippen molar-refractivity contribution in [3.63, 3.8) is 0 Å². The van der Waals surface area contributed by atoms with E-state index in [2.05, 4.69) is 20.6 Å². The number of rotatable bonds is 6. The molecule has 1 saturated carbocycles. The molecule has 4 radical (unpaired) electrons. The lowest BCUT2D eigenvalue weighted by molar-refractivity contribution is 0.372. The highest BCUT2D eigenvalue weighted by molar-refractivity contribution is 6.26. The van der Waals surface area contributed by atoms with Crippen molar-refractivity contribution in [2.24, 2.45) is 12.0 Å². The van der Waals surface area contributed by atoms with Crippen LogP contribution in [0.15, 0.2) is 82.6 Å². The molecule has 0 bridgehead atoms. The van der Waals surface area contributed by atoms with Crippen LogP contribution in [0.4, 0.5) is 10.1 Å². The number of benzene rings is 2. The van der Waals surface area contributed by atoms with Gasteiger partial charge in [0.15, 0.2) is 0 Å². The Hall–Kier alpha value is -4.40. The van der Waals surface area contributed by atoms with Crippen molar-refractivity contribution in [3.8, 4) is 11.3 Å². The number of nitrogens with zero attached hydrogens (tertiary/aromatic N) is 4.